The number of hydrogen-bond donors (Lipinski definition) is 1. The lowest BCUT2D eigenvalue weighted by Gasteiger charge is -2.27. The van der Waals surface area contributed by atoms with E-state index in [4.69, 9.17) is 10.5 Å². The van der Waals surface area contributed by atoms with Crippen LogP contribution in [0.25, 0.3) is 0 Å². The Morgan fingerprint density at radius 2 is 1.44 bits per heavy atom. The van der Waals surface area contributed by atoms with Crippen molar-refractivity contribution in [2.75, 3.05) is 28.4 Å². The van der Waals surface area contributed by atoms with Crippen molar-refractivity contribution in [1.29, 1.82) is 10.5 Å². The zero-order chi connectivity index (χ0) is 22.8. The molecule has 10 nitrogen and oxygen atoms in total. The number of hydrazine groups is 1. The Labute approximate surface area is 185 Å². The fourth-order valence-corrected chi connectivity index (χ4v) is 3.08. The molecule has 0 fully saturated rings. The second-order valence-electron chi connectivity index (χ2n) is 6.57. The average molecular weight is 428 g/mol. The van der Waals surface area contributed by atoms with Crippen LogP contribution in [-0.4, -0.2) is 28.0 Å². The third-order valence-corrected chi connectivity index (χ3v) is 4.52. The van der Waals surface area contributed by atoms with Gasteiger partial charge in [0, 0.05) is 13.1 Å². The van der Waals surface area contributed by atoms with Gasteiger partial charge in [-0.1, -0.05) is 36.4 Å². The number of benzene rings is 2. The Balaban J connectivity index is 2.06. The number of anilines is 4. The summed E-state index contributed by atoms with van der Waals surface area (Å²) in [5.41, 5.74) is 4.22. The van der Waals surface area contributed by atoms with Gasteiger partial charge in [-0.3, -0.25) is 20.5 Å². The number of aromatic nitrogens is 2. The number of rotatable bonds is 10. The largest absolute Gasteiger partial charge is 0.355 e. The predicted octanol–water partition coefficient (Wildman–Crippen LogP) is 4.18. The van der Waals surface area contributed by atoms with E-state index >= 15 is 0 Å². The minimum absolute atomic E-state index is 0.00776. The number of hydrogen-bond acceptors (Lipinski definition) is 9. The molecule has 3 aromatic rings. The molecule has 0 atom stereocenters. The van der Waals surface area contributed by atoms with Gasteiger partial charge >= 0.3 is 5.69 Å². The van der Waals surface area contributed by atoms with E-state index in [9.17, 15) is 10.1 Å². The highest BCUT2D eigenvalue weighted by Gasteiger charge is 2.28. The molecule has 0 bridgehead atoms. The lowest BCUT2D eigenvalue weighted by Crippen LogP contribution is -2.29. The van der Waals surface area contributed by atoms with Gasteiger partial charge in [0.15, 0.2) is 0 Å². The van der Waals surface area contributed by atoms with E-state index in [-0.39, 0.29) is 43.3 Å². The van der Waals surface area contributed by atoms with Gasteiger partial charge in [0.2, 0.25) is 11.6 Å². The summed E-state index contributed by atoms with van der Waals surface area (Å²) >= 11 is 0. The maximum Gasteiger partial charge on any atom is 0.355 e. The molecule has 0 radical (unpaired) electrons. The van der Waals surface area contributed by atoms with Crippen molar-refractivity contribution in [3.8, 4) is 12.1 Å². The molecular weight excluding hydrogens is 408 g/mol. The quantitative estimate of drug-likeness (QED) is 0.372. The molecule has 1 heterocycles. The molecule has 2 aromatic carbocycles. The Morgan fingerprint density at radius 3 is 1.91 bits per heavy atom. The van der Waals surface area contributed by atoms with E-state index in [1.54, 1.807) is 9.91 Å². The van der Waals surface area contributed by atoms with Gasteiger partial charge in [0.05, 0.1) is 41.3 Å². The normalized spacial score (nSPS) is 9.94. The maximum atomic E-state index is 12.1. The van der Waals surface area contributed by atoms with Crippen molar-refractivity contribution in [3.05, 3.63) is 77.1 Å². The highest BCUT2D eigenvalue weighted by atomic mass is 16.6. The van der Waals surface area contributed by atoms with Crippen LogP contribution in [0, 0.1) is 32.8 Å². The van der Waals surface area contributed by atoms with E-state index in [1.165, 1.54) is 6.33 Å². The van der Waals surface area contributed by atoms with Crippen LogP contribution in [0.5, 0.6) is 0 Å². The SMILES string of the molecule is N#CCCN(CCC#N)c1ncnc(NN(c2ccccc2)c2ccccc2)c1[N+](=O)[O-]. The predicted molar refractivity (Wildman–Crippen MR) is 120 cm³/mol. The molecule has 0 aliphatic rings. The van der Waals surface area contributed by atoms with Crippen molar-refractivity contribution in [2.45, 2.75) is 12.8 Å². The zero-order valence-electron chi connectivity index (χ0n) is 17.1. The third-order valence-electron chi connectivity index (χ3n) is 4.52. The van der Waals surface area contributed by atoms with E-state index in [0.29, 0.717) is 0 Å². The summed E-state index contributed by atoms with van der Waals surface area (Å²) in [5.74, 6) is 0.0469. The monoisotopic (exact) mass is 428 g/mol. The summed E-state index contributed by atoms with van der Waals surface area (Å²) in [5, 5.41) is 31.7. The average Bonchev–Trinajstić information content (AvgIpc) is 2.83. The summed E-state index contributed by atoms with van der Waals surface area (Å²) in [7, 11) is 0. The number of nitrogens with one attached hydrogen (secondary N) is 1. The van der Waals surface area contributed by atoms with E-state index < -0.39 is 4.92 Å². The van der Waals surface area contributed by atoms with Crippen LogP contribution in [0.2, 0.25) is 0 Å². The first-order valence-electron chi connectivity index (χ1n) is 9.80. The van der Waals surface area contributed by atoms with Crippen molar-refractivity contribution >= 4 is 28.7 Å². The van der Waals surface area contributed by atoms with Gasteiger partial charge < -0.3 is 4.90 Å². The number of nitrogens with zero attached hydrogens (tertiary/aromatic N) is 7. The first kappa shape index (κ1) is 22.0. The molecule has 1 N–H and O–H groups in total. The molecule has 0 unspecified atom stereocenters. The molecule has 160 valence electrons. The van der Waals surface area contributed by atoms with E-state index in [2.05, 4.69) is 15.4 Å². The molecule has 3 rings (SSSR count). The second-order valence-corrected chi connectivity index (χ2v) is 6.57. The highest BCUT2D eigenvalue weighted by molar-refractivity contribution is 5.75. The fourth-order valence-electron chi connectivity index (χ4n) is 3.08. The first-order valence-corrected chi connectivity index (χ1v) is 9.80. The Morgan fingerprint density at radius 1 is 0.906 bits per heavy atom. The maximum absolute atomic E-state index is 12.1. The first-order chi connectivity index (χ1) is 15.7. The molecule has 0 spiro atoms. The highest BCUT2D eigenvalue weighted by Crippen LogP contribution is 2.34. The minimum atomic E-state index is -0.558. The second kappa shape index (κ2) is 10.9. The lowest BCUT2D eigenvalue weighted by atomic mass is 10.2. The molecule has 0 saturated heterocycles. The van der Waals surface area contributed by atoms with Crippen LogP contribution in [0.4, 0.5) is 28.7 Å². The smallest absolute Gasteiger partial charge is 0.349 e. The number of nitriles is 2. The van der Waals surface area contributed by atoms with Gasteiger partial charge in [0.1, 0.15) is 6.33 Å². The van der Waals surface area contributed by atoms with Crippen molar-refractivity contribution in [2.24, 2.45) is 0 Å². The summed E-state index contributed by atoms with van der Waals surface area (Å²) in [6, 6.07) is 22.7. The van der Waals surface area contributed by atoms with E-state index in [0.717, 1.165) is 11.4 Å². The summed E-state index contributed by atoms with van der Waals surface area (Å²) < 4.78 is 0. The molecule has 0 saturated carbocycles. The van der Waals surface area contributed by atoms with Crippen LogP contribution in [0.3, 0.4) is 0 Å². The van der Waals surface area contributed by atoms with E-state index in [1.807, 2.05) is 72.8 Å². The van der Waals surface area contributed by atoms with Gasteiger partial charge in [-0.15, -0.1) is 0 Å². The van der Waals surface area contributed by atoms with Crippen LogP contribution in [-0.2, 0) is 0 Å². The Kier molecular flexibility index (Phi) is 7.49. The summed E-state index contributed by atoms with van der Waals surface area (Å²) in [6.45, 7) is 0.410. The third kappa shape index (κ3) is 5.26. The number of nitro groups is 1. The fraction of sp³-hybridized carbons (Fsp3) is 0.182. The van der Waals surface area contributed by atoms with Crippen LogP contribution >= 0.6 is 0 Å². The minimum Gasteiger partial charge on any atom is -0.349 e. The summed E-state index contributed by atoms with van der Waals surface area (Å²) in [4.78, 5) is 21.3. The molecule has 32 heavy (non-hydrogen) atoms. The standard InChI is InChI=1S/C22H20N8O2/c23-13-7-15-28(16-8-14-24)22-20(30(31)32)21(25-17-26-22)27-29(18-9-3-1-4-10-18)19-11-5-2-6-12-19/h1-6,9-12,17H,7-8,15-16H2,(H,25,26,27). The Bertz CT molecular complexity index is 1070. The van der Waals surface area contributed by atoms with Gasteiger partial charge in [-0.05, 0) is 24.3 Å². The van der Waals surface area contributed by atoms with Crippen LogP contribution in [0.1, 0.15) is 12.8 Å². The molecule has 10 heteroatoms. The van der Waals surface area contributed by atoms with Crippen molar-refractivity contribution in [1.82, 2.24) is 9.97 Å². The van der Waals surface area contributed by atoms with Gasteiger partial charge in [-0.25, -0.2) is 9.97 Å². The van der Waals surface area contributed by atoms with Crippen LogP contribution in [0.15, 0.2) is 67.0 Å². The zero-order valence-corrected chi connectivity index (χ0v) is 17.1. The summed E-state index contributed by atoms with van der Waals surface area (Å²) in [6.07, 6.45) is 1.50. The topological polar surface area (TPSA) is 135 Å². The van der Waals surface area contributed by atoms with Crippen molar-refractivity contribution < 1.29 is 4.92 Å². The van der Waals surface area contributed by atoms with Gasteiger partial charge in [-0.2, -0.15) is 10.5 Å². The lowest BCUT2D eigenvalue weighted by molar-refractivity contribution is -0.383. The molecular formula is C22H20N8O2. The van der Waals surface area contributed by atoms with Crippen molar-refractivity contribution in [3.63, 3.8) is 0 Å². The molecule has 1 aromatic heterocycles. The molecule has 0 aliphatic heterocycles. The number of para-hydroxylation sites is 2. The van der Waals surface area contributed by atoms with Crippen LogP contribution < -0.4 is 15.3 Å². The molecule has 0 amide bonds. The Hall–Kier alpha value is -4.70. The van der Waals surface area contributed by atoms with Gasteiger partial charge in [0.25, 0.3) is 0 Å². The molecule has 0 aliphatic carbocycles.